The van der Waals surface area contributed by atoms with Gasteiger partial charge in [-0.15, -0.1) is 11.3 Å². The van der Waals surface area contributed by atoms with Crippen molar-refractivity contribution >= 4 is 32.5 Å². The maximum Gasteiger partial charge on any atom is 0.203 e. The van der Waals surface area contributed by atoms with Crippen molar-refractivity contribution in [2.45, 2.75) is 32.7 Å². The molecule has 0 saturated carbocycles. The number of hydrogen-bond donors (Lipinski definition) is 1. The van der Waals surface area contributed by atoms with E-state index in [4.69, 9.17) is 4.42 Å². The third-order valence-electron chi connectivity index (χ3n) is 5.62. The van der Waals surface area contributed by atoms with Gasteiger partial charge < -0.3 is 9.52 Å². The maximum atomic E-state index is 13.5. The molecule has 2 aromatic carbocycles. The van der Waals surface area contributed by atoms with Crippen LogP contribution in [0.5, 0.6) is 5.75 Å². The van der Waals surface area contributed by atoms with Crippen molar-refractivity contribution in [2.75, 3.05) is 13.1 Å². The van der Waals surface area contributed by atoms with Crippen LogP contribution in [0.1, 0.15) is 31.1 Å². The van der Waals surface area contributed by atoms with Crippen LogP contribution in [-0.2, 0) is 13.0 Å². The first kappa shape index (κ1) is 18.3. The van der Waals surface area contributed by atoms with Gasteiger partial charge in [0, 0.05) is 13.0 Å². The molecule has 5 nitrogen and oxygen atoms in total. The molecule has 0 amide bonds. The molecule has 1 aliphatic heterocycles. The Kier molecular flexibility index (Phi) is 4.60. The zero-order chi connectivity index (χ0) is 20.0. The fraction of sp³-hybridized carbons (Fsp3) is 0.304. The second kappa shape index (κ2) is 7.28. The van der Waals surface area contributed by atoms with Crippen LogP contribution in [0.3, 0.4) is 0 Å². The number of thiazole rings is 1. The lowest BCUT2D eigenvalue weighted by molar-refractivity contribution is 0.323. The fourth-order valence-corrected chi connectivity index (χ4v) is 5.14. The molecule has 0 unspecified atom stereocenters. The number of nitrogens with zero attached hydrogens (tertiary/aromatic N) is 2. The predicted molar refractivity (Wildman–Crippen MR) is 117 cm³/mol. The summed E-state index contributed by atoms with van der Waals surface area (Å²) in [5, 5.41) is 11.7. The van der Waals surface area contributed by atoms with Crippen LogP contribution in [0.15, 0.2) is 45.6 Å². The van der Waals surface area contributed by atoms with Crippen molar-refractivity contribution in [1.82, 2.24) is 9.88 Å². The van der Waals surface area contributed by atoms with E-state index < -0.39 is 0 Å². The third kappa shape index (κ3) is 3.12. The second-order valence-electron chi connectivity index (χ2n) is 7.49. The number of para-hydroxylation sites is 1. The van der Waals surface area contributed by atoms with Gasteiger partial charge in [-0.2, -0.15) is 0 Å². The average molecular weight is 407 g/mol. The van der Waals surface area contributed by atoms with E-state index in [2.05, 4.69) is 9.88 Å². The van der Waals surface area contributed by atoms with E-state index in [0.29, 0.717) is 45.8 Å². The molecule has 0 atom stereocenters. The SMILES string of the molecule is CCc1oc2c(CN3CCCC3)c(O)ccc2c(=O)c1-c1nc2ccccc2s1. The smallest absolute Gasteiger partial charge is 0.203 e. The molecule has 1 saturated heterocycles. The van der Waals surface area contributed by atoms with Crippen molar-refractivity contribution in [1.29, 1.82) is 0 Å². The molecule has 6 heteroatoms. The summed E-state index contributed by atoms with van der Waals surface area (Å²) >= 11 is 1.51. The zero-order valence-corrected chi connectivity index (χ0v) is 17.1. The van der Waals surface area contributed by atoms with Gasteiger partial charge in [0.05, 0.1) is 26.7 Å². The van der Waals surface area contributed by atoms with E-state index in [1.807, 2.05) is 31.2 Å². The molecule has 29 heavy (non-hydrogen) atoms. The first-order valence-electron chi connectivity index (χ1n) is 10.0. The standard InChI is InChI=1S/C23H22N2O3S/c1-2-18-20(23-24-16-7-3-4-8-19(16)29-23)21(27)14-9-10-17(26)15(22(14)28-18)13-25-11-5-6-12-25/h3-4,7-10,26H,2,5-6,11-13H2,1H3. The Labute approximate surface area is 172 Å². The first-order chi connectivity index (χ1) is 14.2. The van der Waals surface area contributed by atoms with E-state index in [-0.39, 0.29) is 11.2 Å². The molecule has 3 heterocycles. The summed E-state index contributed by atoms with van der Waals surface area (Å²) in [6.45, 7) is 4.58. The highest BCUT2D eigenvalue weighted by Gasteiger charge is 2.23. The van der Waals surface area contributed by atoms with Gasteiger partial charge in [0.15, 0.2) is 0 Å². The summed E-state index contributed by atoms with van der Waals surface area (Å²) in [6, 6.07) is 11.2. The Balaban J connectivity index is 1.73. The Hall–Kier alpha value is -2.70. The molecule has 1 aliphatic rings. The molecule has 1 fully saturated rings. The zero-order valence-electron chi connectivity index (χ0n) is 16.3. The summed E-state index contributed by atoms with van der Waals surface area (Å²) in [6.07, 6.45) is 2.91. The topological polar surface area (TPSA) is 66.6 Å². The van der Waals surface area contributed by atoms with Crippen molar-refractivity contribution < 1.29 is 9.52 Å². The molecule has 2 aromatic heterocycles. The predicted octanol–water partition coefficient (Wildman–Crippen LogP) is 4.93. The summed E-state index contributed by atoms with van der Waals surface area (Å²) in [7, 11) is 0. The van der Waals surface area contributed by atoms with Gasteiger partial charge in [-0.1, -0.05) is 19.1 Å². The summed E-state index contributed by atoms with van der Waals surface area (Å²) < 4.78 is 7.32. The van der Waals surface area contributed by atoms with Gasteiger partial charge in [0.1, 0.15) is 22.1 Å². The van der Waals surface area contributed by atoms with E-state index in [0.717, 1.165) is 36.1 Å². The van der Waals surface area contributed by atoms with Gasteiger partial charge in [0.2, 0.25) is 5.43 Å². The van der Waals surface area contributed by atoms with Crippen molar-refractivity contribution in [3.8, 4) is 16.3 Å². The van der Waals surface area contributed by atoms with E-state index >= 15 is 0 Å². The van der Waals surface area contributed by atoms with Crippen molar-refractivity contribution in [3.63, 3.8) is 0 Å². The van der Waals surface area contributed by atoms with Gasteiger partial charge in [-0.25, -0.2) is 4.98 Å². The monoisotopic (exact) mass is 406 g/mol. The Morgan fingerprint density at radius 1 is 1.17 bits per heavy atom. The number of benzene rings is 2. The van der Waals surface area contributed by atoms with Crippen LogP contribution in [-0.4, -0.2) is 28.1 Å². The Morgan fingerprint density at radius 2 is 1.97 bits per heavy atom. The quantitative estimate of drug-likeness (QED) is 0.520. The molecule has 1 N–H and O–H groups in total. The van der Waals surface area contributed by atoms with Gasteiger partial charge in [-0.05, 0) is 50.2 Å². The minimum atomic E-state index is -0.0789. The molecule has 0 aliphatic carbocycles. The number of rotatable bonds is 4. The van der Waals surface area contributed by atoms with E-state index in [1.165, 1.54) is 11.3 Å². The molecular formula is C23H22N2O3S. The van der Waals surface area contributed by atoms with Crippen LogP contribution >= 0.6 is 11.3 Å². The fourth-order valence-electron chi connectivity index (χ4n) is 4.11. The van der Waals surface area contributed by atoms with Crippen molar-refractivity contribution in [2.24, 2.45) is 0 Å². The molecule has 0 bridgehead atoms. The van der Waals surface area contributed by atoms with Crippen LogP contribution < -0.4 is 5.43 Å². The Morgan fingerprint density at radius 3 is 2.72 bits per heavy atom. The molecule has 0 radical (unpaired) electrons. The number of aromatic hydroxyl groups is 1. The highest BCUT2D eigenvalue weighted by molar-refractivity contribution is 7.21. The highest BCUT2D eigenvalue weighted by atomic mass is 32.1. The lowest BCUT2D eigenvalue weighted by atomic mass is 10.0. The van der Waals surface area contributed by atoms with Crippen LogP contribution in [0.25, 0.3) is 31.8 Å². The molecule has 4 aromatic rings. The third-order valence-corrected chi connectivity index (χ3v) is 6.67. The number of aromatic nitrogens is 1. The summed E-state index contributed by atoms with van der Waals surface area (Å²) in [5.74, 6) is 0.803. The minimum Gasteiger partial charge on any atom is -0.507 e. The lowest BCUT2D eigenvalue weighted by Crippen LogP contribution is -2.19. The maximum absolute atomic E-state index is 13.5. The molecular weight excluding hydrogens is 384 g/mol. The largest absolute Gasteiger partial charge is 0.507 e. The Bertz CT molecular complexity index is 1240. The summed E-state index contributed by atoms with van der Waals surface area (Å²) in [5.41, 5.74) is 2.55. The van der Waals surface area contributed by atoms with E-state index in [9.17, 15) is 9.90 Å². The molecule has 0 spiro atoms. The number of aryl methyl sites for hydroxylation is 1. The van der Waals surface area contributed by atoms with Gasteiger partial charge in [-0.3, -0.25) is 9.69 Å². The normalized spacial score (nSPS) is 14.9. The minimum absolute atomic E-state index is 0.0789. The number of hydrogen-bond acceptors (Lipinski definition) is 6. The lowest BCUT2D eigenvalue weighted by Gasteiger charge is -2.17. The molecule has 5 rings (SSSR count). The molecule has 148 valence electrons. The highest BCUT2D eigenvalue weighted by Crippen LogP contribution is 2.35. The number of fused-ring (bicyclic) bond motifs is 2. The number of likely N-dealkylation sites (tertiary alicyclic amines) is 1. The summed E-state index contributed by atoms with van der Waals surface area (Å²) in [4.78, 5) is 20.5. The van der Waals surface area contributed by atoms with Crippen molar-refractivity contribution in [3.05, 3.63) is 57.9 Å². The first-order valence-corrected chi connectivity index (χ1v) is 10.9. The van der Waals surface area contributed by atoms with Crippen LogP contribution in [0, 0.1) is 0 Å². The average Bonchev–Trinajstić information content (AvgIpc) is 3.39. The number of phenolic OH excluding ortho intramolecular Hbond substituents is 1. The van der Waals surface area contributed by atoms with Crippen LogP contribution in [0.2, 0.25) is 0 Å². The van der Waals surface area contributed by atoms with Gasteiger partial charge in [0.25, 0.3) is 0 Å². The van der Waals surface area contributed by atoms with Gasteiger partial charge >= 0.3 is 0 Å². The van der Waals surface area contributed by atoms with E-state index in [1.54, 1.807) is 12.1 Å². The second-order valence-corrected chi connectivity index (χ2v) is 8.52. The number of phenols is 1. The van der Waals surface area contributed by atoms with Crippen LogP contribution in [0.4, 0.5) is 0 Å².